The van der Waals surface area contributed by atoms with Crippen molar-refractivity contribution in [3.8, 4) is 0 Å². The molecule has 0 atom stereocenters. The number of aromatic nitrogens is 2. The summed E-state index contributed by atoms with van der Waals surface area (Å²) in [5.74, 6) is 5.66. The van der Waals surface area contributed by atoms with Gasteiger partial charge in [-0.2, -0.15) is 18.2 Å². The van der Waals surface area contributed by atoms with Gasteiger partial charge in [-0.1, -0.05) is 32.1 Å². The topological polar surface area (TPSA) is 75.9 Å². The molecule has 5 nitrogen and oxygen atoms in total. The van der Waals surface area contributed by atoms with Crippen molar-refractivity contribution in [2.45, 2.75) is 44.7 Å². The van der Waals surface area contributed by atoms with Crippen molar-refractivity contribution in [3.63, 3.8) is 0 Å². The zero-order chi connectivity index (χ0) is 15.3. The third kappa shape index (κ3) is 4.73. The fourth-order valence-electron chi connectivity index (χ4n) is 2.63. The second-order valence-electron chi connectivity index (χ2n) is 5.32. The van der Waals surface area contributed by atoms with Gasteiger partial charge in [-0.05, 0) is 12.3 Å². The third-order valence-corrected chi connectivity index (χ3v) is 3.73. The van der Waals surface area contributed by atoms with Gasteiger partial charge in [-0.3, -0.25) is 5.43 Å². The van der Waals surface area contributed by atoms with E-state index in [2.05, 4.69) is 20.7 Å². The van der Waals surface area contributed by atoms with Crippen molar-refractivity contribution >= 4 is 11.8 Å². The van der Waals surface area contributed by atoms with Gasteiger partial charge in [0.15, 0.2) is 5.69 Å². The lowest BCUT2D eigenvalue weighted by Gasteiger charge is -2.21. The Morgan fingerprint density at radius 2 is 1.90 bits per heavy atom. The maximum absolute atomic E-state index is 12.7. The highest BCUT2D eigenvalue weighted by atomic mass is 19.4. The van der Waals surface area contributed by atoms with Crippen LogP contribution in [0.4, 0.5) is 24.9 Å². The standard InChI is InChI=1S/C13H20F3N5/c14-13(15,16)10-8-11(20-12(19-10)21-17)18-7-6-9-4-2-1-3-5-9/h8-9H,1-7,17H2,(H2,18,19,20,21). The lowest BCUT2D eigenvalue weighted by atomic mass is 9.87. The molecule has 1 aromatic heterocycles. The van der Waals surface area contributed by atoms with E-state index in [1.165, 1.54) is 32.1 Å². The van der Waals surface area contributed by atoms with Crippen molar-refractivity contribution in [1.29, 1.82) is 0 Å². The molecule has 1 aromatic rings. The molecule has 0 aliphatic heterocycles. The van der Waals surface area contributed by atoms with Crippen LogP contribution in [0.2, 0.25) is 0 Å². The van der Waals surface area contributed by atoms with E-state index in [4.69, 9.17) is 5.84 Å². The number of alkyl halides is 3. The van der Waals surface area contributed by atoms with Gasteiger partial charge in [0.05, 0.1) is 0 Å². The van der Waals surface area contributed by atoms with Crippen molar-refractivity contribution < 1.29 is 13.2 Å². The van der Waals surface area contributed by atoms with Gasteiger partial charge in [-0.25, -0.2) is 10.8 Å². The first-order valence-electron chi connectivity index (χ1n) is 7.16. The smallest absolute Gasteiger partial charge is 0.370 e. The molecule has 1 aliphatic carbocycles. The van der Waals surface area contributed by atoms with E-state index in [1.54, 1.807) is 0 Å². The van der Waals surface area contributed by atoms with Crippen LogP contribution in [-0.2, 0) is 6.18 Å². The van der Waals surface area contributed by atoms with Crippen LogP contribution in [0.1, 0.15) is 44.2 Å². The summed E-state index contributed by atoms with van der Waals surface area (Å²) in [7, 11) is 0. The highest BCUT2D eigenvalue weighted by Crippen LogP contribution is 2.30. The molecular weight excluding hydrogens is 283 g/mol. The number of hydrogen-bond acceptors (Lipinski definition) is 5. The minimum absolute atomic E-state index is 0.140. The molecule has 1 saturated carbocycles. The Hall–Kier alpha value is -1.57. The van der Waals surface area contributed by atoms with Crippen LogP contribution < -0.4 is 16.6 Å². The van der Waals surface area contributed by atoms with E-state index in [0.29, 0.717) is 12.5 Å². The number of hydrogen-bond donors (Lipinski definition) is 3. The molecule has 0 unspecified atom stereocenters. The molecule has 1 fully saturated rings. The maximum atomic E-state index is 12.7. The average molecular weight is 303 g/mol. The van der Waals surface area contributed by atoms with Crippen LogP contribution in [0.15, 0.2) is 6.07 Å². The number of nitrogens with zero attached hydrogens (tertiary/aromatic N) is 2. The number of rotatable bonds is 5. The monoisotopic (exact) mass is 303 g/mol. The molecular formula is C13H20F3N5. The summed E-state index contributed by atoms with van der Waals surface area (Å²) in [5, 5.41) is 2.93. The second kappa shape index (κ2) is 6.93. The van der Waals surface area contributed by atoms with Gasteiger partial charge in [-0.15, -0.1) is 0 Å². The minimum Gasteiger partial charge on any atom is -0.370 e. The predicted octanol–water partition coefficient (Wildman–Crippen LogP) is 3.16. The highest BCUT2D eigenvalue weighted by Gasteiger charge is 2.33. The Labute approximate surface area is 121 Å². The lowest BCUT2D eigenvalue weighted by Crippen LogP contribution is -2.18. The molecule has 1 heterocycles. The normalized spacial score (nSPS) is 16.8. The number of nitrogens with one attached hydrogen (secondary N) is 2. The Morgan fingerprint density at radius 3 is 2.52 bits per heavy atom. The van der Waals surface area contributed by atoms with Crippen LogP contribution in [0.5, 0.6) is 0 Å². The Bertz CT molecular complexity index is 458. The van der Waals surface area contributed by atoms with E-state index < -0.39 is 11.9 Å². The summed E-state index contributed by atoms with van der Waals surface area (Å²) >= 11 is 0. The van der Waals surface area contributed by atoms with E-state index in [9.17, 15) is 13.2 Å². The largest absolute Gasteiger partial charge is 0.433 e. The third-order valence-electron chi connectivity index (χ3n) is 3.73. The molecule has 2 rings (SSSR count). The van der Waals surface area contributed by atoms with Crippen LogP contribution in [0, 0.1) is 5.92 Å². The predicted molar refractivity (Wildman–Crippen MR) is 74.5 cm³/mol. The van der Waals surface area contributed by atoms with Crippen LogP contribution in [0.25, 0.3) is 0 Å². The second-order valence-corrected chi connectivity index (χ2v) is 5.32. The van der Waals surface area contributed by atoms with Crippen molar-refractivity contribution in [3.05, 3.63) is 11.8 Å². The van der Waals surface area contributed by atoms with E-state index in [0.717, 1.165) is 12.5 Å². The van der Waals surface area contributed by atoms with Crippen molar-refractivity contribution in [1.82, 2.24) is 9.97 Å². The van der Waals surface area contributed by atoms with E-state index in [-0.39, 0.29) is 11.8 Å². The number of anilines is 2. The van der Waals surface area contributed by atoms with Crippen LogP contribution in [-0.4, -0.2) is 16.5 Å². The lowest BCUT2D eigenvalue weighted by molar-refractivity contribution is -0.141. The molecule has 118 valence electrons. The molecule has 21 heavy (non-hydrogen) atoms. The zero-order valence-corrected chi connectivity index (χ0v) is 11.7. The number of hydrazine groups is 1. The molecule has 0 saturated heterocycles. The average Bonchev–Trinajstić information content (AvgIpc) is 2.47. The minimum atomic E-state index is -4.52. The fraction of sp³-hybridized carbons (Fsp3) is 0.692. The van der Waals surface area contributed by atoms with E-state index in [1.807, 2.05) is 0 Å². The summed E-state index contributed by atoms with van der Waals surface area (Å²) in [6, 6.07) is 0.904. The molecule has 1 aliphatic rings. The summed E-state index contributed by atoms with van der Waals surface area (Å²) in [5.41, 5.74) is 1.05. The first-order valence-corrected chi connectivity index (χ1v) is 7.16. The Balaban J connectivity index is 1.95. The summed E-state index contributed by atoms with van der Waals surface area (Å²) in [4.78, 5) is 7.20. The van der Waals surface area contributed by atoms with Gasteiger partial charge in [0.25, 0.3) is 0 Å². The molecule has 0 spiro atoms. The SMILES string of the molecule is NNc1nc(NCCC2CCCCC2)cc(C(F)(F)F)n1. The van der Waals surface area contributed by atoms with Crippen molar-refractivity contribution in [2.75, 3.05) is 17.3 Å². The Kier molecular flexibility index (Phi) is 5.22. The van der Waals surface area contributed by atoms with E-state index >= 15 is 0 Å². The van der Waals surface area contributed by atoms with Gasteiger partial charge in [0.2, 0.25) is 5.95 Å². The summed E-state index contributed by atoms with van der Waals surface area (Å²) in [6.45, 7) is 0.600. The number of halogens is 3. The van der Waals surface area contributed by atoms with Crippen LogP contribution in [0.3, 0.4) is 0 Å². The first kappa shape index (κ1) is 15.8. The molecule has 0 aromatic carbocycles. The Morgan fingerprint density at radius 1 is 1.19 bits per heavy atom. The summed E-state index contributed by atoms with van der Waals surface area (Å²) < 4.78 is 38.1. The number of nitrogen functional groups attached to an aromatic ring is 1. The van der Waals surface area contributed by atoms with Gasteiger partial charge in [0, 0.05) is 12.6 Å². The molecule has 0 amide bonds. The number of nitrogens with two attached hydrogens (primary N) is 1. The first-order chi connectivity index (χ1) is 9.99. The quantitative estimate of drug-likeness (QED) is 0.575. The van der Waals surface area contributed by atoms with Gasteiger partial charge >= 0.3 is 6.18 Å². The maximum Gasteiger partial charge on any atom is 0.433 e. The highest BCUT2D eigenvalue weighted by molar-refractivity contribution is 5.42. The van der Waals surface area contributed by atoms with Gasteiger partial charge in [0.1, 0.15) is 5.82 Å². The molecule has 0 radical (unpaired) electrons. The fourth-order valence-corrected chi connectivity index (χ4v) is 2.63. The van der Waals surface area contributed by atoms with Crippen LogP contribution >= 0.6 is 0 Å². The van der Waals surface area contributed by atoms with Gasteiger partial charge < -0.3 is 5.32 Å². The summed E-state index contributed by atoms with van der Waals surface area (Å²) in [6.07, 6.45) is 2.61. The molecule has 4 N–H and O–H groups in total. The zero-order valence-electron chi connectivity index (χ0n) is 11.7. The molecule has 0 bridgehead atoms. The molecule has 8 heteroatoms. The van der Waals surface area contributed by atoms with Crippen molar-refractivity contribution in [2.24, 2.45) is 11.8 Å².